The second-order valence-corrected chi connectivity index (χ2v) is 6.66. The predicted molar refractivity (Wildman–Crippen MR) is 92.9 cm³/mol. The highest BCUT2D eigenvalue weighted by Gasteiger charge is 2.19. The standard InChI is InChI=1S/C16H15N3O5S/c1-2-11-17-25(23,24)13-9-7-12(8-10-13)18-16(20)14-5-3-4-6-15(14)19(21)22/h2-10,17H,1,11H2,(H,18,20). The molecule has 2 N–H and O–H groups in total. The molecule has 0 saturated heterocycles. The van der Waals surface area contributed by atoms with Gasteiger partial charge in [-0.25, -0.2) is 13.1 Å². The topological polar surface area (TPSA) is 118 Å². The van der Waals surface area contributed by atoms with Crippen molar-refractivity contribution in [2.45, 2.75) is 4.90 Å². The lowest BCUT2D eigenvalue weighted by molar-refractivity contribution is -0.385. The lowest BCUT2D eigenvalue weighted by Gasteiger charge is -2.08. The molecule has 0 aliphatic rings. The number of carbonyl (C=O) groups excluding carboxylic acids is 1. The molecule has 25 heavy (non-hydrogen) atoms. The van der Waals surface area contributed by atoms with E-state index in [2.05, 4.69) is 16.6 Å². The van der Waals surface area contributed by atoms with Crippen LogP contribution >= 0.6 is 0 Å². The van der Waals surface area contributed by atoms with Gasteiger partial charge in [-0.05, 0) is 30.3 Å². The molecule has 0 fully saturated rings. The van der Waals surface area contributed by atoms with E-state index >= 15 is 0 Å². The number of nitrogens with one attached hydrogen (secondary N) is 2. The van der Waals surface area contributed by atoms with E-state index in [0.717, 1.165) is 0 Å². The van der Waals surface area contributed by atoms with Crippen LogP contribution < -0.4 is 10.0 Å². The number of hydrogen-bond acceptors (Lipinski definition) is 5. The fraction of sp³-hybridized carbons (Fsp3) is 0.0625. The van der Waals surface area contributed by atoms with Crippen molar-refractivity contribution in [1.82, 2.24) is 4.72 Å². The fourth-order valence-corrected chi connectivity index (χ4v) is 2.99. The Hall–Kier alpha value is -3.04. The number of carbonyl (C=O) groups is 1. The van der Waals surface area contributed by atoms with Gasteiger partial charge in [0.15, 0.2) is 0 Å². The maximum atomic E-state index is 12.2. The molecule has 0 bridgehead atoms. The van der Waals surface area contributed by atoms with Gasteiger partial charge in [-0.1, -0.05) is 18.2 Å². The average Bonchev–Trinajstić information content (AvgIpc) is 2.60. The number of nitro groups is 1. The third kappa shape index (κ3) is 4.49. The van der Waals surface area contributed by atoms with Crippen LogP contribution in [0.3, 0.4) is 0 Å². The Balaban J connectivity index is 2.18. The van der Waals surface area contributed by atoms with Gasteiger partial charge in [0.1, 0.15) is 5.56 Å². The molecule has 0 aromatic heterocycles. The van der Waals surface area contributed by atoms with Gasteiger partial charge in [0.25, 0.3) is 11.6 Å². The van der Waals surface area contributed by atoms with Gasteiger partial charge in [-0.2, -0.15) is 0 Å². The Morgan fingerprint density at radius 3 is 2.40 bits per heavy atom. The van der Waals surface area contributed by atoms with E-state index < -0.39 is 20.9 Å². The maximum absolute atomic E-state index is 12.2. The van der Waals surface area contributed by atoms with Crippen LogP contribution in [0.4, 0.5) is 11.4 Å². The van der Waals surface area contributed by atoms with Crippen molar-refractivity contribution < 1.29 is 18.1 Å². The zero-order valence-corrected chi connectivity index (χ0v) is 13.8. The highest BCUT2D eigenvalue weighted by Crippen LogP contribution is 2.20. The van der Waals surface area contributed by atoms with Gasteiger partial charge in [-0.15, -0.1) is 6.58 Å². The maximum Gasteiger partial charge on any atom is 0.282 e. The molecule has 0 aliphatic heterocycles. The summed E-state index contributed by atoms with van der Waals surface area (Å²) in [6, 6.07) is 11.0. The Bertz CT molecular complexity index is 908. The first kappa shape index (κ1) is 18.3. The largest absolute Gasteiger partial charge is 0.322 e. The van der Waals surface area contributed by atoms with E-state index in [9.17, 15) is 23.3 Å². The summed E-state index contributed by atoms with van der Waals surface area (Å²) in [6.07, 6.45) is 1.42. The normalized spacial score (nSPS) is 10.9. The molecule has 1 amide bonds. The molecule has 0 atom stereocenters. The minimum atomic E-state index is -3.66. The van der Waals surface area contributed by atoms with Crippen molar-refractivity contribution in [2.24, 2.45) is 0 Å². The van der Waals surface area contributed by atoms with Crippen LogP contribution in [0.15, 0.2) is 66.1 Å². The van der Waals surface area contributed by atoms with Crippen LogP contribution in [-0.2, 0) is 10.0 Å². The van der Waals surface area contributed by atoms with E-state index in [1.165, 1.54) is 54.6 Å². The monoisotopic (exact) mass is 361 g/mol. The molecule has 2 rings (SSSR count). The Morgan fingerprint density at radius 2 is 1.80 bits per heavy atom. The van der Waals surface area contributed by atoms with Crippen molar-refractivity contribution in [2.75, 3.05) is 11.9 Å². The summed E-state index contributed by atoms with van der Waals surface area (Å²) in [5.74, 6) is -0.660. The van der Waals surface area contributed by atoms with Crippen molar-refractivity contribution in [3.63, 3.8) is 0 Å². The van der Waals surface area contributed by atoms with E-state index in [4.69, 9.17) is 0 Å². The summed E-state index contributed by atoms with van der Waals surface area (Å²) >= 11 is 0. The van der Waals surface area contributed by atoms with Gasteiger partial charge in [0.05, 0.1) is 9.82 Å². The third-order valence-electron chi connectivity index (χ3n) is 3.19. The lowest BCUT2D eigenvalue weighted by Crippen LogP contribution is -2.23. The zero-order chi connectivity index (χ0) is 18.4. The molecule has 0 heterocycles. The molecule has 0 unspecified atom stereocenters. The molecule has 0 radical (unpaired) electrons. The zero-order valence-electron chi connectivity index (χ0n) is 13.0. The number of nitrogens with zero attached hydrogens (tertiary/aromatic N) is 1. The molecule has 0 spiro atoms. The number of para-hydroxylation sites is 1. The quantitative estimate of drug-likeness (QED) is 0.446. The van der Waals surface area contributed by atoms with E-state index in [-0.39, 0.29) is 22.7 Å². The first-order valence-corrected chi connectivity index (χ1v) is 8.59. The molecule has 130 valence electrons. The van der Waals surface area contributed by atoms with Crippen molar-refractivity contribution in [3.8, 4) is 0 Å². The number of benzene rings is 2. The summed E-state index contributed by atoms with van der Waals surface area (Å²) in [7, 11) is -3.66. The van der Waals surface area contributed by atoms with Crippen LogP contribution in [0.5, 0.6) is 0 Å². The van der Waals surface area contributed by atoms with Gasteiger partial charge in [0.2, 0.25) is 10.0 Å². The van der Waals surface area contributed by atoms with Crippen LogP contribution in [-0.4, -0.2) is 25.8 Å². The molecule has 0 saturated carbocycles. The molecule has 2 aromatic rings. The summed E-state index contributed by atoms with van der Waals surface area (Å²) in [6.45, 7) is 3.53. The SMILES string of the molecule is C=CCNS(=O)(=O)c1ccc(NC(=O)c2ccccc2[N+](=O)[O-])cc1. The summed E-state index contributed by atoms with van der Waals surface area (Å²) < 4.78 is 26.2. The van der Waals surface area contributed by atoms with Crippen molar-refractivity contribution in [3.05, 3.63) is 76.9 Å². The predicted octanol–water partition coefficient (Wildman–Crippen LogP) is 2.31. The highest BCUT2D eigenvalue weighted by molar-refractivity contribution is 7.89. The van der Waals surface area contributed by atoms with Gasteiger partial charge in [-0.3, -0.25) is 14.9 Å². The Kier molecular flexibility index (Phi) is 5.63. The highest BCUT2D eigenvalue weighted by atomic mass is 32.2. The molecular weight excluding hydrogens is 346 g/mol. The van der Waals surface area contributed by atoms with Crippen molar-refractivity contribution >= 4 is 27.3 Å². The van der Waals surface area contributed by atoms with Crippen molar-refractivity contribution in [1.29, 1.82) is 0 Å². The van der Waals surface area contributed by atoms with Gasteiger partial charge >= 0.3 is 0 Å². The summed E-state index contributed by atoms with van der Waals surface area (Å²) in [5, 5.41) is 13.5. The second kappa shape index (κ2) is 7.69. The lowest BCUT2D eigenvalue weighted by atomic mass is 10.1. The van der Waals surface area contributed by atoms with Crippen LogP contribution in [0.25, 0.3) is 0 Å². The minimum absolute atomic E-state index is 0.0260. The first-order chi connectivity index (χ1) is 11.8. The summed E-state index contributed by atoms with van der Waals surface area (Å²) in [5.41, 5.74) is -0.0875. The molecular formula is C16H15N3O5S. The number of nitro benzene ring substituents is 1. The number of anilines is 1. The number of sulfonamides is 1. The Labute approximate surface area is 144 Å². The number of hydrogen-bond donors (Lipinski definition) is 2. The smallest absolute Gasteiger partial charge is 0.282 e. The third-order valence-corrected chi connectivity index (χ3v) is 4.63. The Morgan fingerprint density at radius 1 is 1.16 bits per heavy atom. The van der Waals surface area contributed by atoms with E-state index in [1.807, 2.05) is 0 Å². The van der Waals surface area contributed by atoms with Crippen LogP contribution in [0, 0.1) is 10.1 Å². The first-order valence-electron chi connectivity index (χ1n) is 7.10. The van der Waals surface area contributed by atoms with Crippen LogP contribution in [0.2, 0.25) is 0 Å². The summed E-state index contributed by atoms with van der Waals surface area (Å²) in [4.78, 5) is 22.6. The molecule has 0 aliphatic carbocycles. The second-order valence-electron chi connectivity index (χ2n) is 4.89. The van der Waals surface area contributed by atoms with E-state index in [0.29, 0.717) is 5.69 Å². The average molecular weight is 361 g/mol. The van der Waals surface area contributed by atoms with E-state index in [1.54, 1.807) is 0 Å². The van der Waals surface area contributed by atoms with Gasteiger partial charge < -0.3 is 5.32 Å². The number of amides is 1. The molecule has 2 aromatic carbocycles. The van der Waals surface area contributed by atoms with Gasteiger partial charge in [0, 0.05) is 18.3 Å². The van der Waals surface area contributed by atoms with Crippen LogP contribution in [0.1, 0.15) is 10.4 Å². The number of rotatable bonds is 7. The molecule has 9 heteroatoms. The molecule has 8 nitrogen and oxygen atoms in total. The minimum Gasteiger partial charge on any atom is -0.322 e. The fourth-order valence-electron chi connectivity index (χ4n) is 1.99.